The quantitative estimate of drug-likeness (QED) is 0.819. The normalized spacial score (nSPS) is 10.2. The number of pyridine rings is 1. The zero-order chi connectivity index (χ0) is 17.4. The minimum atomic E-state index is -0.392. The Morgan fingerprint density at radius 2 is 1.83 bits per heavy atom. The van der Waals surface area contributed by atoms with Gasteiger partial charge < -0.3 is 10.6 Å². The summed E-state index contributed by atoms with van der Waals surface area (Å²) in [7, 11) is 0. The third-order valence-electron chi connectivity index (χ3n) is 3.43. The van der Waals surface area contributed by atoms with Crippen LogP contribution >= 0.6 is 0 Å². The summed E-state index contributed by atoms with van der Waals surface area (Å²) < 4.78 is 13.5. The number of benzene rings is 1. The van der Waals surface area contributed by atoms with Gasteiger partial charge in [-0.05, 0) is 36.6 Å². The van der Waals surface area contributed by atoms with Crippen LogP contribution < -0.4 is 10.6 Å². The van der Waals surface area contributed by atoms with E-state index in [2.05, 4.69) is 15.6 Å². The summed E-state index contributed by atoms with van der Waals surface area (Å²) in [5.74, 6) is -0.921. The van der Waals surface area contributed by atoms with E-state index in [4.69, 9.17) is 0 Å². The second kappa shape index (κ2) is 8.76. The van der Waals surface area contributed by atoms with Crippen LogP contribution in [0.1, 0.15) is 39.8 Å². The van der Waals surface area contributed by atoms with Gasteiger partial charge in [-0.2, -0.15) is 0 Å². The number of hydrogen-bond donors (Lipinski definition) is 2. The summed E-state index contributed by atoms with van der Waals surface area (Å²) in [6.07, 6.45) is 2.64. The van der Waals surface area contributed by atoms with Crippen molar-refractivity contribution >= 4 is 11.8 Å². The zero-order valence-corrected chi connectivity index (χ0v) is 13.5. The lowest BCUT2D eigenvalue weighted by atomic mass is 10.1. The topological polar surface area (TPSA) is 71.1 Å². The van der Waals surface area contributed by atoms with Crippen molar-refractivity contribution in [2.75, 3.05) is 13.1 Å². The van der Waals surface area contributed by atoms with E-state index in [-0.39, 0.29) is 24.0 Å². The third-order valence-corrected chi connectivity index (χ3v) is 3.43. The van der Waals surface area contributed by atoms with E-state index in [9.17, 15) is 14.0 Å². The summed E-state index contributed by atoms with van der Waals surface area (Å²) in [6, 6.07) is 9.44. The number of carbonyl (C=O) groups excluding carboxylic acids is 2. The van der Waals surface area contributed by atoms with Crippen LogP contribution in [0, 0.1) is 5.82 Å². The molecule has 0 aliphatic rings. The molecule has 6 heteroatoms. The van der Waals surface area contributed by atoms with Gasteiger partial charge in [0.15, 0.2) is 0 Å². The highest BCUT2D eigenvalue weighted by Gasteiger charge is 2.11. The first-order chi connectivity index (χ1) is 11.6. The lowest BCUT2D eigenvalue weighted by molar-refractivity contribution is 0.0949. The molecule has 2 amide bonds. The molecule has 2 aromatic rings. The van der Waals surface area contributed by atoms with E-state index in [1.54, 1.807) is 24.3 Å². The van der Waals surface area contributed by atoms with Crippen LogP contribution in [0.4, 0.5) is 4.39 Å². The summed E-state index contributed by atoms with van der Waals surface area (Å²) in [5.41, 5.74) is 1.09. The van der Waals surface area contributed by atoms with Crippen LogP contribution in [0.15, 0.2) is 42.6 Å². The second-order valence-electron chi connectivity index (χ2n) is 5.28. The Balaban J connectivity index is 1.92. The number of aromatic nitrogens is 1. The maximum atomic E-state index is 13.5. The van der Waals surface area contributed by atoms with Gasteiger partial charge in [-0.25, -0.2) is 4.39 Å². The van der Waals surface area contributed by atoms with E-state index >= 15 is 0 Å². The van der Waals surface area contributed by atoms with Crippen LogP contribution in [0.25, 0.3) is 0 Å². The molecule has 1 aromatic carbocycles. The van der Waals surface area contributed by atoms with E-state index < -0.39 is 5.91 Å². The van der Waals surface area contributed by atoms with Gasteiger partial charge in [0.05, 0.1) is 0 Å². The Kier molecular flexibility index (Phi) is 6.42. The highest BCUT2D eigenvalue weighted by molar-refractivity contribution is 5.98. The monoisotopic (exact) mass is 329 g/mol. The average Bonchev–Trinajstić information content (AvgIpc) is 2.61. The van der Waals surface area contributed by atoms with Gasteiger partial charge in [-0.15, -0.1) is 0 Å². The van der Waals surface area contributed by atoms with Crippen LogP contribution in [0.5, 0.6) is 0 Å². The summed E-state index contributed by atoms with van der Waals surface area (Å²) in [5, 5.41) is 5.43. The van der Waals surface area contributed by atoms with Crippen molar-refractivity contribution in [2.45, 2.75) is 19.8 Å². The molecule has 0 saturated heterocycles. The first kappa shape index (κ1) is 17.6. The van der Waals surface area contributed by atoms with Gasteiger partial charge in [0.25, 0.3) is 11.8 Å². The molecule has 0 fully saturated rings. The Hall–Kier alpha value is -2.76. The number of nitrogens with zero attached hydrogens (tertiary/aromatic N) is 1. The first-order valence-corrected chi connectivity index (χ1v) is 7.87. The van der Waals surface area contributed by atoms with Crippen LogP contribution in [-0.2, 0) is 6.42 Å². The molecule has 2 N–H and O–H groups in total. The molecule has 24 heavy (non-hydrogen) atoms. The van der Waals surface area contributed by atoms with Gasteiger partial charge in [0.1, 0.15) is 11.5 Å². The van der Waals surface area contributed by atoms with Gasteiger partial charge in [-0.3, -0.25) is 14.6 Å². The summed E-state index contributed by atoms with van der Waals surface area (Å²) in [6.45, 7) is 2.82. The van der Waals surface area contributed by atoms with Crippen LogP contribution in [0.3, 0.4) is 0 Å². The fraction of sp³-hybridized carbons (Fsp3) is 0.278. The molecule has 0 bridgehead atoms. The van der Waals surface area contributed by atoms with Crippen molar-refractivity contribution in [3.63, 3.8) is 0 Å². The molecular weight excluding hydrogens is 309 g/mol. The molecule has 1 aromatic heterocycles. The van der Waals surface area contributed by atoms with Crippen molar-refractivity contribution in [1.82, 2.24) is 15.6 Å². The SMILES string of the molecule is CCCNC(=O)c1ccnc(C(=O)NCCc2ccccc2F)c1. The van der Waals surface area contributed by atoms with Gasteiger partial charge in [-0.1, -0.05) is 25.1 Å². The zero-order valence-electron chi connectivity index (χ0n) is 13.5. The second-order valence-corrected chi connectivity index (χ2v) is 5.28. The van der Waals surface area contributed by atoms with Gasteiger partial charge in [0.2, 0.25) is 0 Å². The number of hydrogen-bond acceptors (Lipinski definition) is 3. The first-order valence-electron chi connectivity index (χ1n) is 7.87. The van der Waals surface area contributed by atoms with E-state index in [1.165, 1.54) is 18.3 Å². The fourth-order valence-corrected chi connectivity index (χ4v) is 2.14. The molecule has 0 radical (unpaired) electrons. The molecule has 0 aliphatic carbocycles. The highest BCUT2D eigenvalue weighted by atomic mass is 19.1. The van der Waals surface area contributed by atoms with Crippen molar-refractivity contribution in [3.8, 4) is 0 Å². The number of amides is 2. The molecule has 2 rings (SSSR count). The largest absolute Gasteiger partial charge is 0.352 e. The Morgan fingerprint density at radius 3 is 2.58 bits per heavy atom. The molecule has 126 valence electrons. The summed E-state index contributed by atoms with van der Waals surface area (Å²) in [4.78, 5) is 28.0. The van der Waals surface area contributed by atoms with Crippen molar-refractivity contribution in [3.05, 3.63) is 65.2 Å². The number of nitrogens with one attached hydrogen (secondary N) is 2. The predicted molar refractivity (Wildman–Crippen MR) is 89.3 cm³/mol. The van der Waals surface area contributed by atoms with Crippen LogP contribution in [0.2, 0.25) is 0 Å². The Labute approximate surface area is 140 Å². The molecule has 0 saturated carbocycles. The maximum Gasteiger partial charge on any atom is 0.269 e. The molecular formula is C18H20FN3O2. The summed E-state index contributed by atoms with van der Waals surface area (Å²) >= 11 is 0. The fourth-order valence-electron chi connectivity index (χ4n) is 2.14. The van der Waals surface area contributed by atoms with Gasteiger partial charge in [0, 0.05) is 24.8 Å². The highest BCUT2D eigenvalue weighted by Crippen LogP contribution is 2.07. The molecule has 0 aliphatic heterocycles. The van der Waals surface area contributed by atoms with E-state index in [1.807, 2.05) is 6.92 Å². The smallest absolute Gasteiger partial charge is 0.269 e. The van der Waals surface area contributed by atoms with Crippen LogP contribution in [-0.4, -0.2) is 29.9 Å². The maximum absolute atomic E-state index is 13.5. The Bertz CT molecular complexity index is 719. The minimum absolute atomic E-state index is 0.160. The standard InChI is InChI=1S/C18H20FN3O2/c1-2-9-21-17(23)14-8-10-20-16(12-14)18(24)22-11-7-13-5-3-4-6-15(13)19/h3-6,8,10,12H,2,7,9,11H2,1H3,(H,21,23)(H,22,24). The number of halogens is 1. The molecule has 0 atom stereocenters. The molecule has 1 heterocycles. The minimum Gasteiger partial charge on any atom is -0.352 e. The predicted octanol–water partition coefficient (Wildman–Crippen LogP) is 2.33. The number of carbonyl (C=O) groups is 2. The Morgan fingerprint density at radius 1 is 1.08 bits per heavy atom. The van der Waals surface area contributed by atoms with Crippen molar-refractivity contribution < 1.29 is 14.0 Å². The molecule has 0 unspecified atom stereocenters. The molecule has 0 spiro atoms. The number of rotatable bonds is 7. The molecule has 5 nitrogen and oxygen atoms in total. The third kappa shape index (κ3) is 4.87. The lowest BCUT2D eigenvalue weighted by Crippen LogP contribution is -2.28. The van der Waals surface area contributed by atoms with E-state index in [0.717, 1.165) is 6.42 Å². The van der Waals surface area contributed by atoms with Gasteiger partial charge >= 0.3 is 0 Å². The van der Waals surface area contributed by atoms with Crippen molar-refractivity contribution in [1.29, 1.82) is 0 Å². The average molecular weight is 329 g/mol. The van der Waals surface area contributed by atoms with E-state index in [0.29, 0.717) is 24.1 Å². The lowest BCUT2D eigenvalue weighted by Gasteiger charge is -2.07. The van der Waals surface area contributed by atoms with Crippen molar-refractivity contribution in [2.24, 2.45) is 0 Å².